The third-order valence-corrected chi connectivity index (χ3v) is 9.64. The van der Waals surface area contributed by atoms with Gasteiger partial charge in [-0.15, -0.1) is 11.3 Å². The number of thiophene rings is 1. The van der Waals surface area contributed by atoms with Crippen molar-refractivity contribution in [3.63, 3.8) is 0 Å². The first kappa shape index (κ1) is 27.0. The van der Waals surface area contributed by atoms with Crippen LogP contribution in [0.2, 0.25) is 0 Å². The minimum Gasteiger partial charge on any atom is -0.337 e. The molecule has 0 spiro atoms. The molecule has 1 aliphatic heterocycles. The first-order valence-electron chi connectivity index (χ1n) is 14.8. The third kappa shape index (κ3) is 4.57. The lowest BCUT2D eigenvalue weighted by Crippen LogP contribution is -2.23. The summed E-state index contributed by atoms with van der Waals surface area (Å²) in [6.45, 7) is 13.3. The van der Waals surface area contributed by atoms with E-state index < -0.39 is 0 Å². The van der Waals surface area contributed by atoms with Gasteiger partial charge in [0.15, 0.2) is 0 Å². The number of hydrogen-bond acceptors (Lipinski definition) is 2. The second-order valence-electron chi connectivity index (χ2n) is 11.1. The summed E-state index contributed by atoms with van der Waals surface area (Å²) in [6.07, 6.45) is 17.0. The average Bonchev–Trinajstić information content (AvgIpc) is 3.59. The molecule has 3 heteroatoms. The summed E-state index contributed by atoms with van der Waals surface area (Å²) >= 11 is 1.86. The van der Waals surface area contributed by atoms with Crippen molar-refractivity contribution in [2.24, 2.45) is 5.92 Å². The summed E-state index contributed by atoms with van der Waals surface area (Å²) in [5.41, 5.74) is 8.29. The Kier molecular flexibility index (Phi) is 6.96. The van der Waals surface area contributed by atoms with Gasteiger partial charge in [-0.25, -0.2) is 0 Å². The zero-order valence-electron chi connectivity index (χ0n) is 24.6. The van der Waals surface area contributed by atoms with Gasteiger partial charge in [-0.3, -0.25) is 0 Å². The lowest BCUT2D eigenvalue weighted by molar-refractivity contribution is 0.863. The van der Waals surface area contributed by atoms with E-state index in [0.717, 1.165) is 17.8 Å². The minimum atomic E-state index is 0.275. The van der Waals surface area contributed by atoms with Crippen molar-refractivity contribution < 1.29 is 0 Å². The van der Waals surface area contributed by atoms with E-state index in [1.165, 1.54) is 58.9 Å². The smallest absolute Gasteiger partial charge is 0.0541 e. The van der Waals surface area contributed by atoms with E-state index >= 15 is 0 Å². The molecule has 0 aliphatic carbocycles. The number of aromatic nitrogens is 1. The summed E-state index contributed by atoms with van der Waals surface area (Å²) in [4.78, 5) is 2.39. The maximum absolute atomic E-state index is 4.25. The van der Waals surface area contributed by atoms with Gasteiger partial charge in [-0.1, -0.05) is 86.9 Å². The van der Waals surface area contributed by atoms with Crippen molar-refractivity contribution >= 4 is 65.1 Å². The summed E-state index contributed by atoms with van der Waals surface area (Å²) in [5, 5.41) is 5.06. The molecule has 43 heavy (non-hydrogen) atoms. The van der Waals surface area contributed by atoms with Crippen molar-refractivity contribution in [2.75, 3.05) is 11.4 Å². The largest absolute Gasteiger partial charge is 0.337 e. The number of rotatable bonds is 5. The molecule has 1 aliphatic rings. The van der Waals surface area contributed by atoms with Crippen LogP contribution < -0.4 is 4.90 Å². The summed E-state index contributed by atoms with van der Waals surface area (Å²) in [6, 6.07) is 29.1. The number of nitrogens with zero attached hydrogens (tertiary/aromatic N) is 2. The van der Waals surface area contributed by atoms with Crippen LogP contribution in [0, 0.1) is 5.92 Å². The molecule has 1 unspecified atom stereocenters. The van der Waals surface area contributed by atoms with Gasteiger partial charge in [0.2, 0.25) is 0 Å². The second kappa shape index (κ2) is 11.1. The Morgan fingerprint density at radius 1 is 0.767 bits per heavy atom. The lowest BCUT2D eigenvalue weighted by Gasteiger charge is -2.28. The Labute approximate surface area is 257 Å². The fraction of sp³-hybridized carbons (Fsp3) is 0.100. The maximum Gasteiger partial charge on any atom is 0.0541 e. The van der Waals surface area contributed by atoms with E-state index in [9.17, 15) is 0 Å². The number of para-hydroxylation sites is 1. The standard InChI is InChI=1S/C40H34N2S/c1-5-13-31-27(4)14-9-8-12-23-41(36(31)7-3)29-18-21-39-34(25-29)35-26-30(19-22-40(35)43-39)42-37-16-11-10-15-32(37)33-24-28(6-2)17-20-38(33)42/h5-22,24-27H,2-3,23H2,1,4H3/b12-8-,13-5-,14-9-,36-31-. The summed E-state index contributed by atoms with van der Waals surface area (Å²) < 4.78 is 4.98. The first-order valence-corrected chi connectivity index (χ1v) is 15.7. The van der Waals surface area contributed by atoms with Gasteiger partial charge in [0.05, 0.1) is 11.0 Å². The molecule has 7 rings (SSSR count). The molecule has 2 nitrogen and oxygen atoms in total. The Morgan fingerprint density at radius 3 is 2.28 bits per heavy atom. The SMILES string of the molecule is C=C/C1=C(\C=C/C)C(C)/C=C\C=C/CN1c1ccc2sc3ccc(-n4c5ccccc5c5cc(C=C)ccc54)cc3c2c1. The summed E-state index contributed by atoms with van der Waals surface area (Å²) in [5.74, 6) is 0.275. The molecule has 0 fully saturated rings. The predicted octanol–water partition coefficient (Wildman–Crippen LogP) is 11.4. The average molecular weight is 575 g/mol. The Hall–Kier alpha value is -4.86. The van der Waals surface area contributed by atoms with Crippen LogP contribution in [-0.4, -0.2) is 11.1 Å². The lowest BCUT2D eigenvalue weighted by atomic mass is 9.96. The van der Waals surface area contributed by atoms with Crippen LogP contribution in [0.4, 0.5) is 5.69 Å². The highest BCUT2D eigenvalue weighted by molar-refractivity contribution is 7.25. The topological polar surface area (TPSA) is 8.17 Å². The quantitative estimate of drug-likeness (QED) is 0.199. The molecule has 6 aromatic rings. The number of hydrogen-bond donors (Lipinski definition) is 0. The molecule has 3 heterocycles. The van der Waals surface area contributed by atoms with E-state index in [2.05, 4.69) is 152 Å². The molecule has 0 radical (unpaired) electrons. The fourth-order valence-corrected chi connectivity index (χ4v) is 7.48. The fourth-order valence-electron chi connectivity index (χ4n) is 6.41. The number of allylic oxidation sites excluding steroid dienone is 7. The van der Waals surface area contributed by atoms with Crippen LogP contribution in [-0.2, 0) is 0 Å². The van der Waals surface area contributed by atoms with E-state index in [0.29, 0.717) is 0 Å². The summed E-state index contributed by atoms with van der Waals surface area (Å²) in [7, 11) is 0. The monoisotopic (exact) mass is 574 g/mol. The molecule has 0 bridgehead atoms. The normalized spacial score (nSPS) is 19.2. The molecule has 0 saturated carbocycles. The Bertz CT molecular complexity index is 2180. The van der Waals surface area contributed by atoms with Gasteiger partial charge in [-0.05, 0) is 78.7 Å². The van der Waals surface area contributed by atoms with Gasteiger partial charge in [0.25, 0.3) is 0 Å². The molecule has 0 amide bonds. The molecule has 0 N–H and O–H groups in total. The van der Waals surface area contributed by atoms with Crippen LogP contribution in [0.3, 0.4) is 0 Å². The van der Waals surface area contributed by atoms with E-state index in [1.54, 1.807) is 0 Å². The highest BCUT2D eigenvalue weighted by Gasteiger charge is 2.18. The molecule has 4 aromatic carbocycles. The maximum atomic E-state index is 4.25. The zero-order valence-corrected chi connectivity index (χ0v) is 25.4. The second-order valence-corrected chi connectivity index (χ2v) is 12.1. The van der Waals surface area contributed by atoms with Crippen LogP contribution in [0.5, 0.6) is 0 Å². The molecule has 2 aromatic heterocycles. The van der Waals surface area contributed by atoms with E-state index in [1.807, 2.05) is 23.5 Å². The van der Waals surface area contributed by atoms with Crippen molar-refractivity contribution in [3.8, 4) is 5.69 Å². The molecular weight excluding hydrogens is 541 g/mol. The Balaban J connectivity index is 1.43. The highest BCUT2D eigenvalue weighted by Crippen LogP contribution is 2.40. The van der Waals surface area contributed by atoms with Crippen molar-refractivity contribution in [2.45, 2.75) is 13.8 Å². The number of anilines is 1. The van der Waals surface area contributed by atoms with Gasteiger partial charge in [-0.2, -0.15) is 0 Å². The van der Waals surface area contributed by atoms with Crippen LogP contribution >= 0.6 is 11.3 Å². The molecular formula is C40H34N2S. The zero-order chi connectivity index (χ0) is 29.5. The van der Waals surface area contributed by atoms with Gasteiger partial charge < -0.3 is 9.47 Å². The van der Waals surface area contributed by atoms with Crippen molar-refractivity contribution in [3.05, 3.63) is 151 Å². The highest BCUT2D eigenvalue weighted by atomic mass is 32.1. The van der Waals surface area contributed by atoms with Gasteiger partial charge in [0.1, 0.15) is 0 Å². The van der Waals surface area contributed by atoms with E-state index in [4.69, 9.17) is 0 Å². The van der Waals surface area contributed by atoms with Gasteiger partial charge in [0, 0.05) is 60.5 Å². The first-order chi connectivity index (χ1) is 21.1. The number of fused-ring (bicyclic) bond motifs is 6. The van der Waals surface area contributed by atoms with E-state index in [-0.39, 0.29) is 5.92 Å². The van der Waals surface area contributed by atoms with Crippen molar-refractivity contribution in [1.82, 2.24) is 4.57 Å². The minimum absolute atomic E-state index is 0.275. The van der Waals surface area contributed by atoms with Gasteiger partial charge >= 0.3 is 0 Å². The van der Waals surface area contributed by atoms with Crippen LogP contribution in [0.25, 0.3) is 53.7 Å². The van der Waals surface area contributed by atoms with Crippen LogP contribution in [0.15, 0.2) is 146 Å². The number of benzene rings is 4. The van der Waals surface area contributed by atoms with Crippen LogP contribution in [0.1, 0.15) is 19.4 Å². The Morgan fingerprint density at radius 2 is 1.51 bits per heavy atom. The molecule has 0 saturated heterocycles. The third-order valence-electron chi connectivity index (χ3n) is 8.49. The molecule has 210 valence electrons. The van der Waals surface area contributed by atoms with Crippen molar-refractivity contribution in [1.29, 1.82) is 0 Å². The predicted molar refractivity (Wildman–Crippen MR) is 191 cm³/mol. The molecule has 1 atom stereocenters.